The number of aromatic carboxylic acids is 1. The minimum absolute atomic E-state index is 0.0150. The number of carbonyl (C=O) groups excluding carboxylic acids is 1. The Balaban J connectivity index is 0.000000692. The molecule has 0 aliphatic carbocycles. The van der Waals surface area contributed by atoms with Crippen molar-refractivity contribution in [1.29, 1.82) is 0 Å². The van der Waals surface area contributed by atoms with Gasteiger partial charge in [-0.1, -0.05) is 233 Å². The van der Waals surface area contributed by atoms with Gasteiger partial charge in [0.1, 0.15) is 11.5 Å². The van der Waals surface area contributed by atoms with Crippen LogP contribution in [0.15, 0.2) is 36.4 Å². The van der Waals surface area contributed by atoms with E-state index in [1.807, 2.05) is 47.6 Å². The largest absolute Gasteiger partial charge is 0.507 e. The van der Waals surface area contributed by atoms with Crippen molar-refractivity contribution >= 4 is 11.9 Å². The summed E-state index contributed by atoms with van der Waals surface area (Å²) in [5, 5.41) is 31.5. The van der Waals surface area contributed by atoms with Crippen LogP contribution in [0.5, 0.6) is 11.5 Å². The molecule has 0 heterocycles. The van der Waals surface area contributed by atoms with Gasteiger partial charge >= 0.3 is 11.9 Å². The quantitative estimate of drug-likeness (QED) is 0.0867. The average molecular weight is 913 g/mol. The van der Waals surface area contributed by atoms with Crippen LogP contribution in [0.1, 0.15) is 276 Å². The molecule has 6 nitrogen and oxygen atoms in total. The summed E-state index contributed by atoms with van der Waals surface area (Å²) in [6.45, 7) is 40.5. The standard InChI is InChI=1S/C45H74O3.C15H22O3/c1-14-15-16-17-18-19-20-21-22-23-24-25-26-27-30-48-41(47)35-32-37(44(8,9)10)40(46)39(45(11,12)13)38(35)34-29-28-33(42(2,3)4)31-36(34)43(5,6)7;1-14(2,3)10-7-9(13(17)18)8-11(12(10)16)15(4,5)6/h28-29,31-32,46H,14-27,30H2,1-13H3;7-8,16H,1-6H3,(H,17,18). The van der Waals surface area contributed by atoms with Crippen LogP contribution in [0.2, 0.25) is 0 Å². The van der Waals surface area contributed by atoms with Crippen molar-refractivity contribution in [2.24, 2.45) is 0 Å². The number of phenolic OH excluding ortho intramolecular Hbond substituents is 2. The number of carboxylic acid groups (broad SMARTS) is 1. The van der Waals surface area contributed by atoms with Crippen LogP contribution in [0.4, 0.5) is 0 Å². The van der Waals surface area contributed by atoms with Crippen molar-refractivity contribution in [1.82, 2.24) is 0 Å². The number of aromatic hydroxyl groups is 2. The molecule has 0 aliphatic rings. The highest BCUT2D eigenvalue weighted by Crippen LogP contribution is 2.49. The monoisotopic (exact) mass is 913 g/mol. The van der Waals surface area contributed by atoms with E-state index in [0.717, 1.165) is 35.1 Å². The number of phenols is 2. The third-order valence-corrected chi connectivity index (χ3v) is 12.7. The molecule has 0 unspecified atom stereocenters. The lowest BCUT2D eigenvalue weighted by atomic mass is 9.71. The van der Waals surface area contributed by atoms with Gasteiger partial charge < -0.3 is 20.1 Å². The summed E-state index contributed by atoms with van der Waals surface area (Å²) >= 11 is 0. The van der Waals surface area contributed by atoms with Gasteiger partial charge in [0.05, 0.1) is 17.7 Å². The normalized spacial score (nSPS) is 12.8. The predicted molar refractivity (Wildman–Crippen MR) is 281 cm³/mol. The number of carboxylic acids is 1. The van der Waals surface area contributed by atoms with Gasteiger partial charge in [-0.05, 0) is 73.8 Å². The van der Waals surface area contributed by atoms with Gasteiger partial charge in [0, 0.05) is 27.8 Å². The number of hydrogen-bond acceptors (Lipinski definition) is 5. The predicted octanol–water partition coefficient (Wildman–Crippen LogP) is 17.6. The molecule has 3 N–H and O–H groups in total. The fourth-order valence-electron chi connectivity index (χ4n) is 8.71. The van der Waals surface area contributed by atoms with Crippen LogP contribution >= 0.6 is 0 Å². The topological polar surface area (TPSA) is 104 Å². The minimum Gasteiger partial charge on any atom is -0.507 e. The summed E-state index contributed by atoms with van der Waals surface area (Å²) in [5.41, 5.74) is 6.40. The third kappa shape index (κ3) is 17.4. The van der Waals surface area contributed by atoms with Gasteiger partial charge in [0.25, 0.3) is 0 Å². The zero-order chi connectivity index (χ0) is 50.6. The van der Waals surface area contributed by atoms with Crippen LogP contribution in [-0.4, -0.2) is 33.9 Å². The van der Waals surface area contributed by atoms with Crippen molar-refractivity contribution in [3.63, 3.8) is 0 Å². The number of ether oxygens (including phenoxy) is 1. The van der Waals surface area contributed by atoms with E-state index in [1.165, 1.54) is 88.2 Å². The summed E-state index contributed by atoms with van der Waals surface area (Å²) in [6.07, 6.45) is 18.1. The molecule has 0 aromatic heterocycles. The van der Waals surface area contributed by atoms with E-state index in [2.05, 4.69) is 108 Å². The van der Waals surface area contributed by atoms with Crippen LogP contribution in [-0.2, 0) is 37.2 Å². The van der Waals surface area contributed by atoms with Gasteiger partial charge in [-0.3, -0.25) is 0 Å². The summed E-state index contributed by atoms with van der Waals surface area (Å²) in [6, 6.07) is 11.7. The second-order valence-corrected chi connectivity index (χ2v) is 25.3. The van der Waals surface area contributed by atoms with Crippen molar-refractivity contribution in [2.75, 3.05) is 6.61 Å². The molecule has 66 heavy (non-hydrogen) atoms. The van der Waals surface area contributed by atoms with E-state index < -0.39 is 11.4 Å². The molecule has 0 spiro atoms. The maximum absolute atomic E-state index is 14.1. The highest BCUT2D eigenvalue weighted by Gasteiger charge is 2.36. The van der Waals surface area contributed by atoms with Crippen molar-refractivity contribution in [3.8, 4) is 22.6 Å². The maximum Gasteiger partial charge on any atom is 0.338 e. The van der Waals surface area contributed by atoms with Crippen LogP contribution < -0.4 is 0 Å². The first kappa shape index (κ1) is 58.3. The Labute approximate surface area is 404 Å². The molecule has 3 aromatic carbocycles. The number of carbonyl (C=O) groups is 2. The van der Waals surface area contributed by atoms with Gasteiger partial charge in [-0.25, -0.2) is 9.59 Å². The molecule has 3 aromatic rings. The van der Waals surface area contributed by atoms with E-state index in [1.54, 1.807) is 12.1 Å². The molecule has 0 fully saturated rings. The molecule has 0 saturated heterocycles. The maximum atomic E-state index is 14.1. The van der Waals surface area contributed by atoms with Gasteiger partial charge in [-0.2, -0.15) is 0 Å². The van der Waals surface area contributed by atoms with Crippen LogP contribution in [0, 0.1) is 0 Å². The number of esters is 1. The molecule has 0 amide bonds. The molecule has 0 radical (unpaired) electrons. The molecule has 0 aliphatic heterocycles. The second kappa shape index (κ2) is 24.0. The zero-order valence-corrected chi connectivity index (χ0v) is 45.6. The lowest BCUT2D eigenvalue weighted by molar-refractivity contribution is 0.0497. The third-order valence-electron chi connectivity index (χ3n) is 12.7. The van der Waals surface area contributed by atoms with Crippen molar-refractivity contribution < 1.29 is 29.6 Å². The minimum atomic E-state index is -0.967. The van der Waals surface area contributed by atoms with E-state index in [-0.39, 0.29) is 50.1 Å². The van der Waals surface area contributed by atoms with Crippen molar-refractivity contribution in [2.45, 2.75) is 254 Å². The smallest absolute Gasteiger partial charge is 0.338 e. The molecule has 372 valence electrons. The molecule has 0 saturated carbocycles. The van der Waals surface area contributed by atoms with Crippen LogP contribution in [0.25, 0.3) is 11.1 Å². The molecular weight excluding hydrogens is 817 g/mol. The Morgan fingerprint density at radius 3 is 1.23 bits per heavy atom. The Kier molecular flexibility index (Phi) is 21.2. The van der Waals surface area contributed by atoms with Gasteiger partial charge in [0.2, 0.25) is 0 Å². The first-order valence-corrected chi connectivity index (χ1v) is 25.5. The Morgan fingerprint density at radius 1 is 0.470 bits per heavy atom. The highest BCUT2D eigenvalue weighted by molar-refractivity contribution is 6.00. The highest BCUT2D eigenvalue weighted by atomic mass is 16.5. The Hall–Kier alpha value is -3.80. The Bertz CT molecular complexity index is 1990. The number of rotatable bonds is 18. The van der Waals surface area contributed by atoms with Crippen LogP contribution in [0.3, 0.4) is 0 Å². The molecular formula is C60H96O6. The van der Waals surface area contributed by atoms with E-state index in [0.29, 0.717) is 23.3 Å². The molecule has 6 heteroatoms. The lowest BCUT2D eigenvalue weighted by Gasteiger charge is -2.34. The molecule has 0 atom stereocenters. The zero-order valence-electron chi connectivity index (χ0n) is 45.6. The summed E-state index contributed by atoms with van der Waals surface area (Å²) in [7, 11) is 0. The molecule has 0 bridgehead atoms. The first-order chi connectivity index (χ1) is 30.1. The van der Waals surface area contributed by atoms with Crippen molar-refractivity contribution in [3.05, 3.63) is 80.9 Å². The summed E-state index contributed by atoms with van der Waals surface area (Å²) in [5.74, 6) is -0.769. The first-order valence-electron chi connectivity index (χ1n) is 25.5. The summed E-state index contributed by atoms with van der Waals surface area (Å²) in [4.78, 5) is 25.3. The van der Waals surface area contributed by atoms with E-state index in [9.17, 15) is 24.9 Å². The second-order valence-electron chi connectivity index (χ2n) is 25.3. The van der Waals surface area contributed by atoms with Gasteiger partial charge in [-0.15, -0.1) is 0 Å². The number of unbranched alkanes of at least 4 members (excludes halogenated alkanes) is 13. The lowest BCUT2D eigenvalue weighted by Crippen LogP contribution is -2.23. The number of hydrogen-bond donors (Lipinski definition) is 3. The van der Waals surface area contributed by atoms with E-state index in [4.69, 9.17) is 4.74 Å². The average Bonchev–Trinajstić information content (AvgIpc) is 3.16. The fraction of sp³-hybridized carbons (Fsp3) is 0.667. The fourth-order valence-corrected chi connectivity index (χ4v) is 8.71. The number of benzene rings is 3. The van der Waals surface area contributed by atoms with E-state index >= 15 is 0 Å². The Morgan fingerprint density at radius 2 is 0.864 bits per heavy atom. The SMILES string of the molecule is CC(C)(C)c1cc(C(=O)O)cc(C(C)(C)C)c1O.CCCCCCCCCCCCCCCCOC(=O)c1cc(C(C)(C)C)c(O)c(C(C)(C)C)c1-c1ccc(C(C)(C)C)cc1C(C)(C)C. The van der Waals surface area contributed by atoms with Gasteiger partial charge in [0.15, 0.2) is 0 Å². The summed E-state index contributed by atoms with van der Waals surface area (Å²) < 4.78 is 6.06. The molecule has 3 rings (SSSR count).